The van der Waals surface area contributed by atoms with E-state index in [9.17, 15) is 4.79 Å². The highest BCUT2D eigenvalue weighted by Gasteiger charge is 2.49. The van der Waals surface area contributed by atoms with Crippen molar-refractivity contribution < 1.29 is 4.79 Å². The zero-order valence-corrected chi connectivity index (χ0v) is 12.9. The number of allylic oxidation sites excluding steroid dienone is 2. The van der Waals surface area contributed by atoms with Gasteiger partial charge in [0.05, 0.1) is 0 Å². The highest BCUT2D eigenvalue weighted by Crippen LogP contribution is 2.38. The van der Waals surface area contributed by atoms with E-state index in [0.717, 1.165) is 19.5 Å². The molecule has 1 amide bonds. The quantitative estimate of drug-likeness (QED) is 0.868. The molecule has 1 aliphatic heterocycles. The minimum Gasteiger partial charge on any atom is -0.341 e. The maximum atomic E-state index is 13.0. The molecule has 6 heteroatoms. The number of carbonyl (C=O) groups is 1. The fourth-order valence-electron chi connectivity index (χ4n) is 3.58. The zero-order valence-electron chi connectivity index (χ0n) is 12.9. The van der Waals surface area contributed by atoms with Crippen molar-refractivity contribution in [2.75, 3.05) is 13.1 Å². The Bertz CT molecular complexity index is 696. The van der Waals surface area contributed by atoms with E-state index in [1.54, 1.807) is 0 Å². The Morgan fingerprint density at radius 3 is 2.61 bits per heavy atom. The van der Waals surface area contributed by atoms with Crippen LogP contribution in [0.2, 0.25) is 0 Å². The van der Waals surface area contributed by atoms with Gasteiger partial charge in [0.2, 0.25) is 5.91 Å². The number of rotatable bonds is 4. The molecule has 0 saturated carbocycles. The summed E-state index contributed by atoms with van der Waals surface area (Å²) in [5.74, 6) is 1.19. The molecule has 0 bridgehead atoms. The average molecular weight is 309 g/mol. The van der Waals surface area contributed by atoms with Crippen LogP contribution in [-0.4, -0.2) is 44.5 Å². The van der Waals surface area contributed by atoms with Crippen LogP contribution in [0.4, 0.5) is 0 Å². The molecule has 118 valence electrons. The van der Waals surface area contributed by atoms with E-state index in [1.165, 1.54) is 5.56 Å². The number of tetrazole rings is 1. The molecule has 0 radical (unpaired) electrons. The van der Waals surface area contributed by atoms with Crippen LogP contribution in [0.3, 0.4) is 0 Å². The maximum Gasteiger partial charge on any atom is 0.237 e. The molecular weight excluding hydrogens is 290 g/mol. The van der Waals surface area contributed by atoms with Crippen LogP contribution in [-0.2, 0) is 16.6 Å². The molecule has 2 heterocycles. The fraction of sp³-hybridized carbons (Fsp3) is 0.412. The summed E-state index contributed by atoms with van der Waals surface area (Å²) in [7, 11) is 0. The largest absolute Gasteiger partial charge is 0.341 e. The fourth-order valence-corrected chi connectivity index (χ4v) is 3.58. The van der Waals surface area contributed by atoms with Crippen LogP contribution in [0.5, 0.6) is 0 Å². The number of hydrogen-bond acceptors (Lipinski definition) is 4. The van der Waals surface area contributed by atoms with Gasteiger partial charge in [-0.05, 0) is 30.7 Å². The predicted molar refractivity (Wildman–Crippen MR) is 84.4 cm³/mol. The van der Waals surface area contributed by atoms with Gasteiger partial charge in [-0.15, -0.1) is 10.2 Å². The van der Waals surface area contributed by atoms with Gasteiger partial charge >= 0.3 is 0 Å². The molecule has 1 aromatic heterocycles. The molecule has 2 aliphatic rings. The lowest BCUT2D eigenvalue weighted by Gasteiger charge is -2.43. The first-order valence-electron chi connectivity index (χ1n) is 8.00. The molecule has 1 aliphatic carbocycles. The van der Waals surface area contributed by atoms with Gasteiger partial charge in [0, 0.05) is 13.1 Å². The summed E-state index contributed by atoms with van der Waals surface area (Å²) in [5, 5.41) is 14.3. The number of likely N-dealkylation sites (tertiary alicyclic amines) is 1. The standard InChI is InChI=1S/C17H19N5O/c23-16(17(8-4-5-9-17)15-18-20-21-19-15)22-11-14(12-22)10-13-6-2-1-3-7-13/h1-7,14H,8-12H2,(H,18,19,20,21). The third kappa shape index (κ3) is 2.44. The summed E-state index contributed by atoms with van der Waals surface area (Å²) < 4.78 is 0. The van der Waals surface area contributed by atoms with E-state index in [4.69, 9.17) is 0 Å². The summed E-state index contributed by atoms with van der Waals surface area (Å²) in [6.07, 6.45) is 6.42. The van der Waals surface area contributed by atoms with Crippen molar-refractivity contribution in [2.24, 2.45) is 5.92 Å². The Kier molecular flexibility index (Phi) is 3.44. The molecule has 4 rings (SSSR count). The Morgan fingerprint density at radius 1 is 1.22 bits per heavy atom. The summed E-state index contributed by atoms with van der Waals surface area (Å²) in [6, 6.07) is 10.4. The molecule has 0 spiro atoms. The smallest absolute Gasteiger partial charge is 0.237 e. The summed E-state index contributed by atoms with van der Waals surface area (Å²) in [4.78, 5) is 15.0. The van der Waals surface area contributed by atoms with E-state index in [2.05, 4.69) is 44.9 Å². The Balaban J connectivity index is 1.42. The van der Waals surface area contributed by atoms with Crippen LogP contribution >= 0.6 is 0 Å². The number of amides is 1. The molecule has 0 atom stereocenters. The number of nitrogens with one attached hydrogen (secondary N) is 1. The number of aromatic amines is 1. The minimum atomic E-state index is -0.648. The first kappa shape index (κ1) is 14.1. The van der Waals surface area contributed by atoms with E-state index in [1.807, 2.05) is 23.1 Å². The molecule has 1 N–H and O–H groups in total. The van der Waals surface area contributed by atoms with Crippen molar-refractivity contribution in [3.8, 4) is 0 Å². The van der Waals surface area contributed by atoms with Crippen molar-refractivity contribution >= 4 is 5.91 Å². The summed E-state index contributed by atoms with van der Waals surface area (Å²) in [6.45, 7) is 1.63. The van der Waals surface area contributed by atoms with E-state index >= 15 is 0 Å². The van der Waals surface area contributed by atoms with Crippen LogP contribution in [0.15, 0.2) is 42.5 Å². The molecular formula is C17H19N5O. The number of H-pyrrole nitrogens is 1. The number of aromatic nitrogens is 4. The second kappa shape index (κ2) is 5.61. The van der Waals surface area contributed by atoms with Crippen molar-refractivity contribution in [3.63, 3.8) is 0 Å². The van der Waals surface area contributed by atoms with Crippen LogP contribution in [0.25, 0.3) is 0 Å². The maximum absolute atomic E-state index is 13.0. The molecule has 2 aromatic rings. The molecule has 1 fully saturated rings. The zero-order chi connectivity index (χ0) is 15.7. The lowest BCUT2D eigenvalue weighted by molar-refractivity contribution is -0.144. The lowest BCUT2D eigenvalue weighted by Crippen LogP contribution is -2.57. The normalized spacial score (nSPS) is 19.7. The molecule has 6 nitrogen and oxygen atoms in total. The SMILES string of the molecule is O=C(N1CC(Cc2ccccc2)C1)C1(c2nn[nH]n2)CC=CC1. The van der Waals surface area contributed by atoms with E-state index < -0.39 is 5.41 Å². The number of carbonyl (C=O) groups excluding carboxylic acids is 1. The first-order valence-corrected chi connectivity index (χ1v) is 8.00. The third-order valence-electron chi connectivity index (χ3n) is 4.89. The minimum absolute atomic E-state index is 0.133. The first-order chi connectivity index (χ1) is 11.3. The topological polar surface area (TPSA) is 74.8 Å². The Labute approximate surface area is 134 Å². The summed E-state index contributed by atoms with van der Waals surface area (Å²) in [5.41, 5.74) is 0.685. The number of benzene rings is 1. The van der Waals surface area contributed by atoms with Gasteiger partial charge in [-0.25, -0.2) is 0 Å². The molecule has 0 unspecified atom stereocenters. The predicted octanol–water partition coefficient (Wildman–Crippen LogP) is 1.49. The molecule has 1 saturated heterocycles. The third-order valence-corrected chi connectivity index (χ3v) is 4.89. The average Bonchev–Trinajstić information content (AvgIpc) is 3.22. The molecule has 1 aromatic carbocycles. The van der Waals surface area contributed by atoms with Gasteiger partial charge in [0.15, 0.2) is 5.82 Å². The van der Waals surface area contributed by atoms with Crippen molar-refractivity contribution in [1.82, 2.24) is 25.5 Å². The van der Waals surface area contributed by atoms with Gasteiger partial charge in [-0.2, -0.15) is 5.21 Å². The van der Waals surface area contributed by atoms with Crippen LogP contribution in [0, 0.1) is 5.92 Å². The van der Waals surface area contributed by atoms with Gasteiger partial charge < -0.3 is 4.90 Å². The monoisotopic (exact) mass is 309 g/mol. The van der Waals surface area contributed by atoms with Gasteiger partial charge in [0.25, 0.3) is 0 Å². The van der Waals surface area contributed by atoms with Crippen LogP contribution < -0.4 is 0 Å². The van der Waals surface area contributed by atoms with Gasteiger partial charge in [-0.3, -0.25) is 4.79 Å². The molecule has 23 heavy (non-hydrogen) atoms. The highest BCUT2D eigenvalue weighted by molar-refractivity contribution is 5.89. The van der Waals surface area contributed by atoms with Gasteiger partial charge in [-0.1, -0.05) is 47.7 Å². The Hall–Kier alpha value is -2.50. The van der Waals surface area contributed by atoms with Crippen molar-refractivity contribution in [3.05, 3.63) is 53.9 Å². The second-order valence-electron chi connectivity index (χ2n) is 6.46. The second-order valence-corrected chi connectivity index (χ2v) is 6.46. The van der Waals surface area contributed by atoms with Crippen molar-refractivity contribution in [2.45, 2.75) is 24.7 Å². The lowest BCUT2D eigenvalue weighted by atomic mass is 9.80. The van der Waals surface area contributed by atoms with E-state index in [0.29, 0.717) is 24.6 Å². The summed E-state index contributed by atoms with van der Waals surface area (Å²) >= 11 is 0. The van der Waals surface area contributed by atoms with Crippen LogP contribution in [0.1, 0.15) is 24.2 Å². The van der Waals surface area contributed by atoms with Crippen molar-refractivity contribution in [1.29, 1.82) is 0 Å². The highest BCUT2D eigenvalue weighted by atomic mass is 16.2. The Morgan fingerprint density at radius 2 is 1.96 bits per heavy atom. The number of nitrogens with zero attached hydrogens (tertiary/aromatic N) is 4. The number of hydrogen-bond donors (Lipinski definition) is 1. The van der Waals surface area contributed by atoms with Gasteiger partial charge in [0.1, 0.15) is 5.41 Å². The van der Waals surface area contributed by atoms with E-state index in [-0.39, 0.29) is 5.91 Å².